The van der Waals surface area contributed by atoms with Crippen molar-refractivity contribution in [2.45, 2.75) is 31.6 Å². The molecule has 3 N–H and O–H groups in total. The summed E-state index contributed by atoms with van der Waals surface area (Å²) >= 11 is 0. The molecule has 0 amide bonds. The fourth-order valence-electron chi connectivity index (χ4n) is 5.54. The van der Waals surface area contributed by atoms with Crippen LogP contribution in [0.5, 0.6) is 5.75 Å². The number of fused-ring (bicyclic) bond motifs is 7. The van der Waals surface area contributed by atoms with Gasteiger partial charge >= 0.3 is 0 Å². The molecule has 10 heteroatoms. The molecule has 1 aliphatic heterocycles. The van der Waals surface area contributed by atoms with Gasteiger partial charge in [-0.3, -0.25) is 9.48 Å². The lowest BCUT2D eigenvalue weighted by molar-refractivity contribution is 0.0789. The first kappa shape index (κ1) is 22.0. The van der Waals surface area contributed by atoms with Gasteiger partial charge < -0.3 is 20.1 Å². The molecule has 3 aromatic carbocycles. The molecule has 37 heavy (non-hydrogen) atoms. The minimum Gasteiger partial charge on any atom is -0.489 e. The average molecular weight is 496 g/mol. The second-order valence-corrected chi connectivity index (χ2v) is 9.89. The number of benzene rings is 3. The number of rotatable bonds is 5. The first-order valence-corrected chi connectivity index (χ1v) is 12.4. The van der Waals surface area contributed by atoms with Crippen molar-refractivity contribution in [3.63, 3.8) is 0 Å². The number of aromatic nitrogens is 4. The quantitative estimate of drug-likeness (QED) is 0.281. The normalized spacial score (nSPS) is 16.1. The Hall–Kier alpha value is -4.20. The van der Waals surface area contributed by atoms with Gasteiger partial charge in [0.15, 0.2) is 0 Å². The monoisotopic (exact) mass is 495 g/mol. The number of nitrogens with zero attached hydrogens (tertiary/aromatic N) is 5. The van der Waals surface area contributed by atoms with Gasteiger partial charge in [-0.05, 0) is 35.7 Å². The van der Waals surface area contributed by atoms with E-state index < -0.39 is 0 Å². The van der Waals surface area contributed by atoms with Crippen molar-refractivity contribution in [1.82, 2.24) is 20.0 Å². The molecule has 186 valence electrons. The van der Waals surface area contributed by atoms with E-state index in [0.717, 1.165) is 64.1 Å². The van der Waals surface area contributed by atoms with Crippen LogP contribution in [0.4, 0.5) is 5.69 Å². The van der Waals surface area contributed by atoms with Crippen LogP contribution in [0.25, 0.3) is 43.2 Å². The van der Waals surface area contributed by atoms with Crippen LogP contribution < -0.4 is 20.9 Å². The van der Waals surface area contributed by atoms with Gasteiger partial charge in [-0.2, -0.15) is 15.5 Å². The maximum atomic E-state index is 12.9. The smallest absolute Gasteiger partial charge is 0.272 e. The molecule has 0 spiro atoms. The average Bonchev–Trinajstić information content (AvgIpc) is 3.61. The van der Waals surface area contributed by atoms with Crippen LogP contribution >= 0.6 is 0 Å². The number of nitrogens with one attached hydrogen (secondary N) is 1. The molecule has 2 aliphatic rings. The zero-order chi connectivity index (χ0) is 25.4. The highest BCUT2D eigenvalue weighted by Crippen LogP contribution is 2.47. The highest BCUT2D eigenvalue weighted by molar-refractivity contribution is 6.30. The van der Waals surface area contributed by atoms with Gasteiger partial charge in [-0.1, -0.05) is 0 Å². The molecule has 0 bridgehead atoms. The van der Waals surface area contributed by atoms with Crippen LogP contribution in [-0.2, 0) is 18.3 Å². The summed E-state index contributed by atoms with van der Waals surface area (Å²) in [5.41, 5.74) is 8.58. The summed E-state index contributed by atoms with van der Waals surface area (Å²) in [7, 11) is 3.60. The second-order valence-electron chi connectivity index (χ2n) is 9.89. The Kier molecular flexibility index (Phi) is 4.70. The Morgan fingerprint density at radius 3 is 2.59 bits per heavy atom. The zero-order valence-corrected chi connectivity index (χ0v) is 20.5. The molecule has 0 atom stereocenters. The Bertz CT molecular complexity index is 1860. The zero-order valence-electron chi connectivity index (χ0n) is 20.5. The Labute approximate surface area is 211 Å². The van der Waals surface area contributed by atoms with E-state index in [1.54, 1.807) is 11.8 Å². The Morgan fingerprint density at radius 1 is 1.11 bits per heavy atom. The number of hydrogen-bond donors (Lipinski definition) is 2. The maximum absolute atomic E-state index is 12.9. The first-order chi connectivity index (χ1) is 18.0. The van der Waals surface area contributed by atoms with Gasteiger partial charge in [0.2, 0.25) is 0 Å². The van der Waals surface area contributed by atoms with E-state index in [1.165, 1.54) is 0 Å². The number of H-pyrrole nitrogens is 1. The van der Waals surface area contributed by atoms with Crippen LogP contribution in [0.2, 0.25) is 0 Å². The van der Waals surface area contributed by atoms with E-state index in [1.807, 2.05) is 31.4 Å². The third-order valence-electron chi connectivity index (χ3n) is 7.66. The second kappa shape index (κ2) is 7.90. The summed E-state index contributed by atoms with van der Waals surface area (Å²) in [5, 5.41) is 27.3. The van der Waals surface area contributed by atoms with Crippen molar-refractivity contribution >= 4 is 48.9 Å². The van der Waals surface area contributed by atoms with Gasteiger partial charge in [-0.15, -0.1) is 0 Å². The van der Waals surface area contributed by atoms with Crippen LogP contribution in [0.1, 0.15) is 24.1 Å². The predicted molar refractivity (Wildman–Crippen MR) is 141 cm³/mol. The van der Waals surface area contributed by atoms with E-state index in [-0.39, 0.29) is 24.3 Å². The number of aryl methyl sites for hydroxylation is 1. The Morgan fingerprint density at radius 2 is 1.89 bits per heavy atom. The lowest BCUT2D eigenvalue weighted by atomic mass is 9.90. The van der Waals surface area contributed by atoms with Crippen molar-refractivity contribution < 1.29 is 9.47 Å². The van der Waals surface area contributed by atoms with E-state index in [9.17, 15) is 10.1 Å². The van der Waals surface area contributed by atoms with E-state index in [2.05, 4.69) is 26.3 Å². The van der Waals surface area contributed by atoms with E-state index >= 15 is 0 Å². The van der Waals surface area contributed by atoms with E-state index in [0.29, 0.717) is 27.8 Å². The number of aromatic amines is 1. The van der Waals surface area contributed by atoms with E-state index in [4.69, 9.17) is 15.2 Å². The molecule has 2 fully saturated rings. The third kappa shape index (κ3) is 3.14. The first-order valence-electron chi connectivity index (χ1n) is 12.4. The summed E-state index contributed by atoms with van der Waals surface area (Å²) in [6.45, 7) is 1.64. The molecule has 1 saturated heterocycles. The maximum Gasteiger partial charge on any atom is 0.272 e. The minimum absolute atomic E-state index is 0.132. The lowest BCUT2D eigenvalue weighted by Crippen LogP contribution is -2.52. The summed E-state index contributed by atoms with van der Waals surface area (Å²) in [4.78, 5) is 15.1. The Balaban J connectivity index is 1.70. The van der Waals surface area contributed by atoms with Crippen LogP contribution in [0, 0.1) is 11.3 Å². The van der Waals surface area contributed by atoms with Crippen molar-refractivity contribution in [3.05, 3.63) is 46.0 Å². The molecule has 3 heterocycles. The largest absolute Gasteiger partial charge is 0.489 e. The predicted octanol–water partition coefficient (Wildman–Crippen LogP) is 2.82. The fourth-order valence-corrected chi connectivity index (χ4v) is 5.54. The van der Waals surface area contributed by atoms with Gasteiger partial charge in [0.25, 0.3) is 5.56 Å². The van der Waals surface area contributed by atoms with Gasteiger partial charge in [0, 0.05) is 67.1 Å². The molecule has 0 radical (unpaired) electrons. The molecule has 1 aliphatic carbocycles. The number of nitrogens with two attached hydrogens (primary N) is 1. The van der Waals surface area contributed by atoms with Gasteiger partial charge in [-0.25, -0.2) is 5.10 Å². The molecular formula is C27H25N7O3. The minimum atomic E-state index is -0.285. The highest BCUT2D eigenvalue weighted by atomic mass is 16.5. The van der Waals surface area contributed by atoms with Gasteiger partial charge in [0.05, 0.1) is 35.0 Å². The highest BCUT2D eigenvalue weighted by Gasteiger charge is 2.33. The molecular weight excluding hydrogens is 470 g/mol. The van der Waals surface area contributed by atoms with Gasteiger partial charge in [0.1, 0.15) is 17.4 Å². The molecule has 7 rings (SSSR count). The summed E-state index contributed by atoms with van der Waals surface area (Å²) < 4.78 is 13.6. The topological polar surface area (TPSA) is 135 Å². The molecule has 10 nitrogen and oxygen atoms in total. The summed E-state index contributed by atoms with van der Waals surface area (Å²) in [6.07, 6.45) is 4.04. The molecule has 2 aromatic heterocycles. The van der Waals surface area contributed by atoms with Crippen LogP contribution in [-0.4, -0.2) is 52.4 Å². The molecule has 1 saturated carbocycles. The molecule has 0 unspecified atom stereocenters. The standard InChI is InChI=1S/C27H25N7O3/c1-33-26-20(10-30-33)15-5-16-18(27(35)32-31-21(16)9-29)6-17(15)24-22(34-11-14(12-34)36-2)7-23(37-13-3-4-13)19(8-28)25(24)26/h5-7,10,13-14H,3-4,9,11-12,29H2,1-2H3,(H,32,35). The van der Waals surface area contributed by atoms with Crippen LogP contribution in [0.15, 0.2) is 29.2 Å². The number of hydrogen-bond acceptors (Lipinski definition) is 8. The molecule has 5 aromatic rings. The van der Waals surface area contributed by atoms with Crippen molar-refractivity contribution in [2.75, 3.05) is 25.1 Å². The van der Waals surface area contributed by atoms with Crippen molar-refractivity contribution in [2.24, 2.45) is 12.8 Å². The van der Waals surface area contributed by atoms with Crippen LogP contribution in [0.3, 0.4) is 0 Å². The SMILES string of the molecule is COC1CN(c2cc(OC3CC3)c(C#N)c3c2c2cc4c(=O)[nH]nc(CN)c4cc2c2cnn(C)c23)C1. The number of nitriles is 1. The number of ether oxygens (including phenoxy) is 2. The fraction of sp³-hybridized carbons (Fsp3) is 0.333. The number of methoxy groups -OCH3 is 1. The summed E-state index contributed by atoms with van der Waals surface area (Å²) in [5.74, 6) is 0.587. The van der Waals surface area contributed by atoms with Crippen molar-refractivity contribution in [1.29, 1.82) is 5.26 Å². The summed E-state index contributed by atoms with van der Waals surface area (Å²) in [6, 6.07) is 8.30. The third-order valence-corrected chi connectivity index (χ3v) is 7.66. The van der Waals surface area contributed by atoms with Crippen molar-refractivity contribution in [3.8, 4) is 11.8 Å². The number of anilines is 1. The lowest BCUT2D eigenvalue weighted by Gasteiger charge is -2.41.